The van der Waals surface area contributed by atoms with E-state index in [0.29, 0.717) is 0 Å². The van der Waals surface area contributed by atoms with Gasteiger partial charge < -0.3 is 5.32 Å². The van der Waals surface area contributed by atoms with Crippen LogP contribution in [-0.2, 0) is 0 Å². The molecule has 1 nitrogen and oxygen atoms in total. The van der Waals surface area contributed by atoms with E-state index in [1.54, 1.807) is 0 Å². The van der Waals surface area contributed by atoms with Crippen molar-refractivity contribution in [3.63, 3.8) is 0 Å². The summed E-state index contributed by atoms with van der Waals surface area (Å²) in [5, 5.41) is 3.38. The summed E-state index contributed by atoms with van der Waals surface area (Å²) < 4.78 is 0. The van der Waals surface area contributed by atoms with Crippen molar-refractivity contribution in [2.45, 2.75) is 39.0 Å². The standard InChI is InChI=1S/C9H17N/c1-2-3-4-6-9-7-5-8-10-9/h7,10H,2-6,8H2,1H3. The van der Waals surface area contributed by atoms with Crippen molar-refractivity contribution in [2.75, 3.05) is 6.54 Å². The summed E-state index contributed by atoms with van der Waals surface area (Å²) in [6.07, 6.45) is 8.90. The first-order valence-electron chi connectivity index (χ1n) is 4.36. The zero-order valence-electron chi connectivity index (χ0n) is 6.82. The quantitative estimate of drug-likeness (QED) is 0.590. The molecule has 0 aliphatic carbocycles. The lowest BCUT2D eigenvalue weighted by atomic mass is 10.2. The Morgan fingerprint density at radius 1 is 1.50 bits per heavy atom. The van der Waals surface area contributed by atoms with Crippen molar-refractivity contribution >= 4 is 0 Å². The number of hydrogen-bond donors (Lipinski definition) is 1. The largest absolute Gasteiger partial charge is 0.388 e. The van der Waals surface area contributed by atoms with Crippen molar-refractivity contribution in [2.24, 2.45) is 0 Å². The molecule has 1 N–H and O–H groups in total. The molecule has 0 saturated carbocycles. The number of hydrogen-bond acceptors (Lipinski definition) is 1. The van der Waals surface area contributed by atoms with E-state index in [4.69, 9.17) is 0 Å². The van der Waals surface area contributed by atoms with E-state index in [1.165, 1.54) is 44.3 Å². The van der Waals surface area contributed by atoms with Crippen molar-refractivity contribution in [3.05, 3.63) is 11.8 Å². The molecule has 0 atom stereocenters. The molecule has 0 radical (unpaired) electrons. The summed E-state index contributed by atoms with van der Waals surface area (Å²) in [6, 6.07) is 0. The Balaban J connectivity index is 2.01. The summed E-state index contributed by atoms with van der Waals surface area (Å²) in [6.45, 7) is 3.41. The van der Waals surface area contributed by atoms with Gasteiger partial charge in [0.05, 0.1) is 0 Å². The lowest BCUT2D eigenvalue weighted by Crippen LogP contribution is -2.06. The van der Waals surface area contributed by atoms with Gasteiger partial charge in [-0.3, -0.25) is 0 Å². The SMILES string of the molecule is CCCCCC1=CCCN1. The van der Waals surface area contributed by atoms with Crippen LogP contribution >= 0.6 is 0 Å². The average molecular weight is 139 g/mol. The molecule has 0 aromatic carbocycles. The van der Waals surface area contributed by atoms with E-state index in [0.717, 1.165) is 0 Å². The smallest absolute Gasteiger partial charge is 0.0179 e. The van der Waals surface area contributed by atoms with Crippen LogP contribution < -0.4 is 5.32 Å². The molecular formula is C9H17N. The molecule has 0 bridgehead atoms. The van der Waals surface area contributed by atoms with E-state index < -0.39 is 0 Å². The second-order valence-corrected chi connectivity index (χ2v) is 2.90. The maximum Gasteiger partial charge on any atom is 0.0179 e. The highest BCUT2D eigenvalue weighted by Gasteiger charge is 2.00. The second-order valence-electron chi connectivity index (χ2n) is 2.90. The van der Waals surface area contributed by atoms with E-state index in [9.17, 15) is 0 Å². The van der Waals surface area contributed by atoms with Crippen LogP contribution in [0.5, 0.6) is 0 Å². The average Bonchev–Trinajstić information content (AvgIpc) is 2.41. The van der Waals surface area contributed by atoms with Crippen LogP contribution in [0.2, 0.25) is 0 Å². The van der Waals surface area contributed by atoms with Crippen LogP contribution in [0.15, 0.2) is 11.8 Å². The fourth-order valence-electron chi connectivity index (χ4n) is 1.31. The Hall–Kier alpha value is -0.460. The monoisotopic (exact) mass is 139 g/mol. The maximum atomic E-state index is 3.38. The van der Waals surface area contributed by atoms with Gasteiger partial charge in [-0.1, -0.05) is 25.8 Å². The first-order chi connectivity index (χ1) is 4.93. The Bertz CT molecular complexity index is 116. The molecule has 1 rings (SSSR count). The van der Waals surface area contributed by atoms with Crippen molar-refractivity contribution in [1.29, 1.82) is 0 Å². The minimum atomic E-state index is 1.17. The number of allylic oxidation sites excluding steroid dienone is 1. The molecule has 1 aliphatic rings. The molecule has 1 heteroatoms. The summed E-state index contributed by atoms with van der Waals surface area (Å²) in [4.78, 5) is 0. The topological polar surface area (TPSA) is 12.0 Å². The van der Waals surface area contributed by atoms with Gasteiger partial charge in [0.1, 0.15) is 0 Å². The third-order valence-corrected chi connectivity index (χ3v) is 1.94. The van der Waals surface area contributed by atoms with Crippen molar-refractivity contribution in [1.82, 2.24) is 5.32 Å². The third-order valence-electron chi connectivity index (χ3n) is 1.94. The van der Waals surface area contributed by atoms with E-state index >= 15 is 0 Å². The molecular weight excluding hydrogens is 122 g/mol. The minimum absolute atomic E-state index is 1.17. The van der Waals surface area contributed by atoms with Crippen LogP contribution in [-0.4, -0.2) is 6.54 Å². The molecule has 0 spiro atoms. The molecule has 58 valence electrons. The predicted octanol–water partition coefficient (Wildman–Crippen LogP) is 2.44. The maximum absolute atomic E-state index is 3.38. The Morgan fingerprint density at radius 3 is 3.00 bits per heavy atom. The summed E-state index contributed by atoms with van der Waals surface area (Å²) >= 11 is 0. The molecule has 10 heavy (non-hydrogen) atoms. The van der Waals surface area contributed by atoms with Gasteiger partial charge in [-0.2, -0.15) is 0 Å². The van der Waals surface area contributed by atoms with Gasteiger partial charge in [-0.15, -0.1) is 0 Å². The highest BCUT2D eigenvalue weighted by molar-refractivity contribution is 5.04. The second kappa shape index (κ2) is 4.37. The Morgan fingerprint density at radius 2 is 2.40 bits per heavy atom. The molecule has 0 saturated heterocycles. The molecule has 1 heterocycles. The third kappa shape index (κ3) is 2.42. The van der Waals surface area contributed by atoms with Gasteiger partial charge in [-0.25, -0.2) is 0 Å². The fraction of sp³-hybridized carbons (Fsp3) is 0.778. The highest BCUT2D eigenvalue weighted by Crippen LogP contribution is 2.10. The van der Waals surface area contributed by atoms with Gasteiger partial charge in [0.2, 0.25) is 0 Å². The number of unbranched alkanes of at least 4 members (excludes halogenated alkanes) is 2. The van der Waals surface area contributed by atoms with Crippen LogP contribution in [0.1, 0.15) is 39.0 Å². The van der Waals surface area contributed by atoms with E-state index in [-0.39, 0.29) is 0 Å². The van der Waals surface area contributed by atoms with Crippen molar-refractivity contribution < 1.29 is 0 Å². The summed E-state index contributed by atoms with van der Waals surface area (Å²) in [7, 11) is 0. The number of rotatable bonds is 4. The Labute approximate surface area is 63.5 Å². The lowest BCUT2D eigenvalue weighted by molar-refractivity contribution is 0.687. The van der Waals surface area contributed by atoms with E-state index in [2.05, 4.69) is 18.3 Å². The minimum Gasteiger partial charge on any atom is -0.388 e. The van der Waals surface area contributed by atoms with Crippen LogP contribution in [0.4, 0.5) is 0 Å². The van der Waals surface area contributed by atoms with Gasteiger partial charge in [0.15, 0.2) is 0 Å². The van der Waals surface area contributed by atoms with Gasteiger partial charge in [0.25, 0.3) is 0 Å². The van der Waals surface area contributed by atoms with Gasteiger partial charge >= 0.3 is 0 Å². The fourth-order valence-corrected chi connectivity index (χ4v) is 1.31. The molecule has 0 amide bonds. The zero-order valence-corrected chi connectivity index (χ0v) is 6.82. The van der Waals surface area contributed by atoms with Crippen LogP contribution in [0, 0.1) is 0 Å². The van der Waals surface area contributed by atoms with Crippen LogP contribution in [0.3, 0.4) is 0 Å². The van der Waals surface area contributed by atoms with E-state index in [1.807, 2.05) is 0 Å². The highest BCUT2D eigenvalue weighted by atomic mass is 14.9. The van der Waals surface area contributed by atoms with Gasteiger partial charge in [0, 0.05) is 12.2 Å². The molecule has 1 aliphatic heterocycles. The molecule has 0 aromatic heterocycles. The summed E-state index contributed by atoms with van der Waals surface area (Å²) in [5.74, 6) is 0. The first kappa shape index (κ1) is 7.64. The normalized spacial score (nSPS) is 16.7. The first-order valence-corrected chi connectivity index (χ1v) is 4.36. The van der Waals surface area contributed by atoms with Crippen LogP contribution in [0.25, 0.3) is 0 Å². The predicted molar refractivity (Wildman–Crippen MR) is 44.8 cm³/mol. The zero-order chi connectivity index (χ0) is 7.23. The van der Waals surface area contributed by atoms with Crippen molar-refractivity contribution in [3.8, 4) is 0 Å². The Kier molecular flexibility index (Phi) is 3.34. The molecule has 0 aromatic rings. The molecule has 0 fully saturated rings. The molecule has 0 unspecified atom stereocenters. The number of nitrogens with one attached hydrogen (secondary N) is 1. The lowest BCUT2D eigenvalue weighted by Gasteiger charge is -2.01. The van der Waals surface area contributed by atoms with Gasteiger partial charge in [-0.05, 0) is 19.3 Å². The summed E-state index contributed by atoms with van der Waals surface area (Å²) in [5.41, 5.74) is 1.48.